The molecular weight excluding hydrogens is 260 g/mol. The van der Waals surface area contributed by atoms with Crippen LogP contribution in [0.25, 0.3) is 0 Å². The highest BCUT2D eigenvalue weighted by Gasteiger charge is 2.17. The first-order chi connectivity index (χ1) is 8.51. The van der Waals surface area contributed by atoms with E-state index in [1.165, 1.54) is 37.4 Å². The van der Waals surface area contributed by atoms with E-state index in [0.717, 1.165) is 19.3 Å². The van der Waals surface area contributed by atoms with E-state index in [4.69, 9.17) is 0 Å². The van der Waals surface area contributed by atoms with Crippen molar-refractivity contribution < 1.29 is 4.79 Å². The van der Waals surface area contributed by atoms with Crippen molar-refractivity contribution in [2.45, 2.75) is 76.2 Å². The van der Waals surface area contributed by atoms with E-state index in [0.29, 0.717) is 16.1 Å². The van der Waals surface area contributed by atoms with Crippen molar-refractivity contribution in [1.82, 2.24) is 0 Å². The maximum atomic E-state index is 11.8. The minimum absolute atomic E-state index is 0.145. The van der Waals surface area contributed by atoms with E-state index >= 15 is 0 Å². The molecule has 0 bridgehead atoms. The first-order valence-electron chi connectivity index (χ1n) is 7.05. The molecule has 0 aromatic heterocycles. The Bertz CT molecular complexity index is 251. The Hall–Kier alpha value is 0.110. The van der Waals surface area contributed by atoms with Gasteiger partial charge in [-0.3, -0.25) is 4.79 Å². The van der Waals surface area contributed by atoms with Crippen molar-refractivity contribution in [3.8, 4) is 0 Å². The molecule has 0 aromatic rings. The maximum Gasteiger partial charge on any atom is 0.214 e. The second-order valence-corrected chi connectivity index (χ2v) is 6.96. The summed E-state index contributed by atoms with van der Waals surface area (Å²) in [6.07, 6.45) is 8.26. The lowest BCUT2D eigenvalue weighted by atomic mass is 10.1. The maximum absolute atomic E-state index is 11.8. The van der Waals surface area contributed by atoms with Crippen LogP contribution >= 0.6 is 24.4 Å². The third kappa shape index (κ3) is 9.09. The van der Waals surface area contributed by atoms with Crippen LogP contribution in [0, 0.1) is 0 Å². The topological polar surface area (TPSA) is 17.1 Å². The summed E-state index contributed by atoms with van der Waals surface area (Å²) in [5.74, 6) is 0. The summed E-state index contributed by atoms with van der Waals surface area (Å²) in [4.78, 5) is 11.8. The lowest BCUT2D eigenvalue weighted by molar-refractivity contribution is -0.107. The van der Waals surface area contributed by atoms with E-state index in [9.17, 15) is 4.79 Å². The second kappa shape index (κ2) is 11.0. The van der Waals surface area contributed by atoms with Crippen LogP contribution < -0.4 is 0 Å². The van der Waals surface area contributed by atoms with Gasteiger partial charge in [0.15, 0.2) is 0 Å². The normalized spacial score (nSPS) is 14.2. The molecule has 0 aliphatic carbocycles. The van der Waals surface area contributed by atoms with Crippen molar-refractivity contribution in [1.29, 1.82) is 0 Å². The summed E-state index contributed by atoms with van der Waals surface area (Å²) < 4.78 is 0. The number of carbonyl (C=O) groups excluding carboxylic acids is 1. The molecule has 0 rings (SSSR count). The third-order valence-electron chi connectivity index (χ3n) is 3.01. The zero-order valence-corrected chi connectivity index (χ0v) is 13.8. The van der Waals surface area contributed by atoms with Crippen LogP contribution in [-0.4, -0.2) is 15.6 Å². The Morgan fingerprint density at radius 1 is 1.28 bits per heavy atom. The first-order valence-corrected chi connectivity index (χ1v) is 8.45. The number of hydrogen-bond donors (Lipinski definition) is 1. The SMILES string of the molecule is C=C(C)C(=O)SC(CCCCCC)CC(S)CC. The molecule has 0 saturated heterocycles. The molecule has 0 heterocycles. The van der Waals surface area contributed by atoms with E-state index in [-0.39, 0.29) is 5.12 Å². The van der Waals surface area contributed by atoms with Crippen LogP contribution in [0.1, 0.15) is 65.7 Å². The van der Waals surface area contributed by atoms with Gasteiger partial charge in [-0.1, -0.05) is 57.9 Å². The smallest absolute Gasteiger partial charge is 0.214 e. The van der Waals surface area contributed by atoms with Gasteiger partial charge in [0.2, 0.25) is 5.12 Å². The Balaban J connectivity index is 4.15. The molecule has 0 N–H and O–H groups in total. The minimum atomic E-state index is 0.145. The van der Waals surface area contributed by atoms with Crippen molar-refractivity contribution >= 4 is 29.5 Å². The number of hydrogen-bond acceptors (Lipinski definition) is 3. The van der Waals surface area contributed by atoms with Crippen LogP contribution in [0.5, 0.6) is 0 Å². The molecule has 0 aliphatic heterocycles. The lowest BCUT2D eigenvalue weighted by Crippen LogP contribution is -2.13. The molecule has 3 heteroatoms. The number of unbranched alkanes of at least 4 members (excludes halogenated alkanes) is 3. The largest absolute Gasteiger partial charge is 0.282 e. The van der Waals surface area contributed by atoms with Crippen molar-refractivity contribution in [3.05, 3.63) is 12.2 Å². The molecular formula is C15H28OS2. The zero-order chi connectivity index (χ0) is 14.0. The zero-order valence-electron chi connectivity index (χ0n) is 12.1. The van der Waals surface area contributed by atoms with Crippen LogP contribution in [-0.2, 0) is 4.79 Å². The third-order valence-corrected chi connectivity index (χ3v) is 4.91. The predicted molar refractivity (Wildman–Crippen MR) is 87.6 cm³/mol. The quantitative estimate of drug-likeness (QED) is 0.335. The molecule has 1 nitrogen and oxygen atoms in total. The number of rotatable bonds is 10. The average molecular weight is 289 g/mol. The fraction of sp³-hybridized carbons (Fsp3) is 0.800. The fourth-order valence-corrected chi connectivity index (χ4v) is 3.26. The number of thiol groups is 1. The molecule has 0 amide bonds. The molecule has 0 saturated carbocycles. The highest BCUT2D eigenvalue weighted by molar-refractivity contribution is 8.14. The van der Waals surface area contributed by atoms with E-state index in [2.05, 4.69) is 33.1 Å². The van der Waals surface area contributed by atoms with E-state index in [1.54, 1.807) is 6.92 Å². The van der Waals surface area contributed by atoms with Gasteiger partial charge in [0.25, 0.3) is 0 Å². The average Bonchev–Trinajstić information content (AvgIpc) is 2.33. The summed E-state index contributed by atoms with van der Waals surface area (Å²) in [5, 5.41) is 0.965. The summed E-state index contributed by atoms with van der Waals surface area (Å²) in [6.45, 7) is 9.89. The van der Waals surface area contributed by atoms with Gasteiger partial charge in [-0.05, 0) is 31.8 Å². The summed E-state index contributed by atoms with van der Waals surface area (Å²) in [5.41, 5.74) is 0.658. The number of thioether (sulfide) groups is 1. The Labute approximate surface area is 123 Å². The van der Waals surface area contributed by atoms with Gasteiger partial charge >= 0.3 is 0 Å². The van der Waals surface area contributed by atoms with Gasteiger partial charge < -0.3 is 0 Å². The van der Waals surface area contributed by atoms with Crippen LogP contribution in [0.4, 0.5) is 0 Å². The van der Waals surface area contributed by atoms with Gasteiger partial charge in [0.05, 0.1) is 0 Å². The van der Waals surface area contributed by atoms with Gasteiger partial charge in [0.1, 0.15) is 0 Å². The van der Waals surface area contributed by atoms with Gasteiger partial charge in [-0.2, -0.15) is 12.6 Å². The van der Waals surface area contributed by atoms with Crippen molar-refractivity contribution in [2.75, 3.05) is 0 Å². The molecule has 18 heavy (non-hydrogen) atoms. The lowest BCUT2D eigenvalue weighted by Gasteiger charge is -2.18. The summed E-state index contributed by atoms with van der Waals surface area (Å²) in [6, 6.07) is 0. The van der Waals surface area contributed by atoms with Crippen molar-refractivity contribution in [3.63, 3.8) is 0 Å². The molecule has 0 aromatic carbocycles. The monoisotopic (exact) mass is 288 g/mol. The van der Waals surface area contributed by atoms with Gasteiger partial charge in [0, 0.05) is 10.5 Å². The van der Waals surface area contributed by atoms with Gasteiger partial charge in [-0.15, -0.1) is 0 Å². The Kier molecular flexibility index (Phi) is 11.0. The minimum Gasteiger partial charge on any atom is -0.282 e. The van der Waals surface area contributed by atoms with E-state index in [1.807, 2.05) is 0 Å². The molecule has 2 unspecified atom stereocenters. The molecule has 0 aliphatic rings. The highest BCUT2D eigenvalue weighted by Crippen LogP contribution is 2.27. The van der Waals surface area contributed by atoms with Crippen LogP contribution in [0.3, 0.4) is 0 Å². The Morgan fingerprint density at radius 2 is 1.94 bits per heavy atom. The molecule has 0 fully saturated rings. The van der Waals surface area contributed by atoms with Gasteiger partial charge in [-0.25, -0.2) is 0 Å². The second-order valence-electron chi connectivity index (χ2n) is 4.95. The standard InChI is InChI=1S/C15H28OS2/c1-5-7-8-9-10-14(11-13(17)6-2)18-15(16)12(3)4/h13-14,17H,3,5-11H2,1-2,4H3. The van der Waals surface area contributed by atoms with Crippen molar-refractivity contribution in [2.24, 2.45) is 0 Å². The predicted octanol–water partition coefficient (Wildman–Crippen LogP) is 5.26. The van der Waals surface area contributed by atoms with Crippen LogP contribution in [0.15, 0.2) is 12.2 Å². The molecule has 2 atom stereocenters. The highest BCUT2D eigenvalue weighted by atomic mass is 32.2. The number of carbonyl (C=O) groups is 1. The first kappa shape index (κ1) is 18.1. The summed E-state index contributed by atoms with van der Waals surface area (Å²) >= 11 is 6.03. The summed E-state index contributed by atoms with van der Waals surface area (Å²) in [7, 11) is 0. The van der Waals surface area contributed by atoms with Crippen LogP contribution in [0.2, 0.25) is 0 Å². The molecule has 106 valence electrons. The Morgan fingerprint density at radius 3 is 2.44 bits per heavy atom. The molecule has 0 radical (unpaired) electrons. The fourth-order valence-electron chi connectivity index (χ4n) is 1.75. The van der Waals surface area contributed by atoms with E-state index < -0.39 is 0 Å². The molecule has 0 spiro atoms.